The number of carbonyl (C=O) groups excluding carboxylic acids is 1. The Balaban J connectivity index is 2.91. The number of methoxy groups -OCH3 is 1. The van der Waals surface area contributed by atoms with E-state index in [4.69, 9.17) is 0 Å². The van der Waals surface area contributed by atoms with Crippen molar-refractivity contribution in [1.82, 2.24) is 0 Å². The van der Waals surface area contributed by atoms with Crippen molar-refractivity contribution in [3.05, 3.63) is 29.8 Å². The third kappa shape index (κ3) is 3.53. The fourth-order valence-electron chi connectivity index (χ4n) is 1.52. The van der Waals surface area contributed by atoms with Crippen LogP contribution in [0.2, 0.25) is 0 Å². The molecule has 0 saturated heterocycles. The second-order valence-corrected chi connectivity index (χ2v) is 6.30. The first-order chi connectivity index (χ1) is 8.16. The molecule has 100 valence electrons. The van der Waals surface area contributed by atoms with Crippen LogP contribution in [-0.4, -0.2) is 33.4 Å². The van der Waals surface area contributed by atoms with Gasteiger partial charge in [-0.1, -0.05) is 12.1 Å². The highest BCUT2D eigenvalue weighted by atomic mass is 32.2. The molecule has 1 atom stereocenters. The third-order valence-electron chi connectivity index (χ3n) is 2.50. The van der Waals surface area contributed by atoms with Gasteiger partial charge in [0.25, 0.3) is 0 Å². The van der Waals surface area contributed by atoms with E-state index >= 15 is 0 Å². The lowest BCUT2D eigenvalue weighted by Gasteiger charge is -2.17. The van der Waals surface area contributed by atoms with E-state index in [1.54, 1.807) is 0 Å². The van der Waals surface area contributed by atoms with E-state index in [0.717, 1.165) is 20.3 Å². The van der Waals surface area contributed by atoms with Crippen molar-refractivity contribution < 1.29 is 22.3 Å². The molecule has 0 amide bonds. The van der Waals surface area contributed by atoms with Gasteiger partial charge in [0.2, 0.25) is 5.67 Å². The second kappa shape index (κ2) is 5.06. The second-order valence-electron chi connectivity index (χ2n) is 4.28. The number of sulfone groups is 1. The Hall–Kier alpha value is -1.43. The van der Waals surface area contributed by atoms with Gasteiger partial charge in [-0.2, -0.15) is 0 Å². The molecule has 0 aromatic heterocycles. The summed E-state index contributed by atoms with van der Waals surface area (Å²) < 4.78 is 40.7. The molecular formula is C12H15FO4S. The normalized spacial score (nSPS) is 14.9. The predicted octanol–water partition coefficient (Wildman–Crippen LogP) is 1.53. The van der Waals surface area contributed by atoms with Crippen LogP contribution in [0.5, 0.6) is 0 Å². The smallest absolute Gasteiger partial charge is 0.343 e. The first kappa shape index (κ1) is 14.6. The molecule has 0 spiro atoms. The number of hydrogen-bond donors (Lipinski definition) is 0. The van der Waals surface area contributed by atoms with E-state index in [0.29, 0.717) is 5.56 Å². The van der Waals surface area contributed by atoms with Crippen molar-refractivity contribution in [2.45, 2.75) is 23.9 Å². The molecule has 0 aliphatic heterocycles. The molecular weight excluding hydrogens is 259 g/mol. The van der Waals surface area contributed by atoms with Gasteiger partial charge in [0.1, 0.15) is 0 Å². The number of esters is 1. The molecule has 0 bridgehead atoms. The molecule has 1 aromatic carbocycles. The maximum absolute atomic E-state index is 13.9. The maximum atomic E-state index is 13.9. The first-order valence-corrected chi connectivity index (χ1v) is 7.12. The van der Waals surface area contributed by atoms with Gasteiger partial charge in [0, 0.05) is 12.7 Å². The highest BCUT2D eigenvalue weighted by molar-refractivity contribution is 7.90. The zero-order chi connectivity index (χ0) is 14.0. The van der Waals surface area contributed by atoms with Gasteiger partial charge in [-0.3, -0.25) is 0 Å². The largest absolute Gasteiger partial charge is 0.467 e. The molecule has 1 unspecified atom stereocenters. The number of rotatable bonds is 4. The van der Waals surface area contributed by atoms with Crippen molar-refractivity contribution in [2.24, 2.45) is 0 Å². The Bertz CT molecular complexity index is 532. The molecule has 6 heteroatoms. The summed E-state index contributed by atoms with van der Waals surface area (Å²) >= 11 is 0. The van der Waals surface area contributed by atoms with Gasteiger partial charge in [0.05, 0.1) is 12.0 Å². The minimum atomic E-state index is -3.27. The lowest BCUT2D eigenvalue weighted by Crippen LogP contribution is -2.33. The molecule has 0 aliphatic carbocycles. The third-order valence-corrected chi connectivity index (χ3v) is 3.63. The zero-order valence-electron chi connectivity index (χ0n) is 10.4. The van der Waals surface area contributed by atoms with E-state index in [9.17, 15) is 17.6 Å². The number of ether oxygens (including phenoxy) is 1. The van der Waals surface area contributed by atoms with Crippen LogP contribution < -0.4 is 0 Å². The predicted molar refractivity (Wildman–Crippen MR) is 64.8 cm³/mol. The molecule has 18 heavy (non-hydrogen) atoms. The highest BCUT2D eigenvalue weighted by Gasteiger charge is 2.34. The van der Waals surface area contributed by atoms with Crippen LogP contribution in [0.3, 0.4) is 0 Å². The lowest BCUT2D eigenvalue weighted by molar-refractivity contribution is -0.153. The van der Waals surface area contributed by atoms with Crippen molar-refractivity contribution in [3.63, 3.8) is 0 Å². The summed E-state index contributed by atoms with van der Waals surface area (Å²) in [7, 11) is -2.15. The number of hydrogen-bond acceptors (Lipinski definition) is 4. The zero-order valence-corrected chi connectivity index (χ0v) is 11.3. The quantitative estimate of drug-likeness (QED) is 0.781. The van der Waals surface area contributed by atoms with Gasteiger partial charge in [-0.15, -0.1) is 0 Å². The van der Waals surface area contributed by atoms with E-state index in [1.807, 2.05) is 0 Å². The molecule has 1 rings (SSSR count). The molecule has 4 nitrogen and oxygen atoms in total. The summed E-state index contributed by atoms with van der Waals surface area (Å²) in [5.74, 6) is -0.949. The summed E-state index contributed by atoms with van der Waals surface area (Å²) in [6.07, 6.45) is 0.930. The molecule has 1 aromatic rings. The summed E-state index contributed by atoms with van der Waals surface area (Å²) in [6, 6.07) is 5.74. The Morgan fingerprint density at radius 1 is 1.33 bits per heavy atom. The van der Waals surface area contributed by atoms with Crippen LogP contribution in [0.15, 0.2) is 29.2 Å². The fourth-order valence-corrected chi connectivity index (χ4v) is 2.15. The van der Waals surface area contributed by atoms with Crippen molar-refractivity contribution in [3.8, 4) is 0 Å². The number of benzene rings is 1. The molecule has 0 fully saturated rings. The van der Waals surface area contributed by atoms with Crippen LogP contribution in [0.1, 0.15) is 12.5 Å². The van der Waals surface area contributed by atoms with Crippen LogP contribution in [-0.2, 0) is 25.8 Å². The van der Waals surface area contributed by atoms with E-state index in [-0.39, 0.29) is 11.3 Å². The van der Waals surface area contributed by atoms with Crippen molar-refractivity contribution >= 4 is 15.8 Å². The van der Waals surface area contributed by atoms with Gasteiger partial charge >= 0.3 is 5.97 Å². The van der Waals surface area contributed by atoms with Crippen LogP contribution in [0.25, 0.3) is 0 Å². The average Bonchev–Trinajstić information content (AvgIpc) is 2.26. The summed E-state index contributed by atoms with van der Waals surface area (Å²) in [4.78, 5) is 11.3. The van der Waals surface area contributed by atoms with E-state index in [1.165, 1.54) is 24.3 Å². The van der Waals surface area contributed by atoms with Gasteiger partial charge in [-0.25, -0.2) is 17.6 Å². The lowest BCUT2D eigenvalue weighted by atomic mass is 9.98. The topological polar surface area (TPSA) is 60.4 Å². The minimum Gasteiger partial charge on any atom is -0.467 e. The van der Waals surface area contributed by atoms with Gasteiger partial charge < -0.3 is 4.74 Å². The molecule has 0 heterocycles. The number of carbonyl (C=O) groups is 1. The SMILES string of the molecule is COC(=O)C(C)(F)Cc1ccc(S(C)(=O)=O)cc1. The maximum Gasteiger partial charge on any atom is 0.343 e. The standard InChI is InChI=1S/C12H15FO4S/c1-12(13,11(14)17-2)8-9-4-6-10(7-5-9)18(3,15)16/h4-7H,8H2,1-3H3. The molecule has 0 saturated carbocycles. The number of alkyl halides is 1. The van der Waals surface area contributed by atoms with E-state index in [2.05, 4.69) is 4.74 Å². The Labute approximate surface area is 106 Å². The van der Waals surface area contributed by atoms with Crippen LogP contribution in [0.4, 0.5) is 4.39 Å². The van der Waals surface area contributed by atoms with Crippen LogP contribution >= 0.6 is 0 Å². The van der Waals surface area contributed by atoms with Crippen LogP contribution in [0, 0.1) is 0 Å². The summed E-state index contributed by atoms with van der Waals surface area (Å²) in [5.41, 5.74) is -1.60. The molecule has 0 radical (unpaired) electrons. The fraction of sp³-hybridized carbons (Fsp3) is 0.417. The highest BCUT2D eigenvalue weighted by Crippen LogP contribution is 2.20. The Kier molecular flexibility index (Phi) is 4.11. The monoisotopic (exact) mass is 274 g/mol. The Morgan fingerprint density at radius 3 is 2.22 bits per heavy atom. The van der Waals surface area contributed by atoms with Gasteiger partial charge in [-0.05, 0) is 24.6 Å². The first-order valence-electron chi connectivity index (χ1n) is 5.23. The average molecular weight is 274 g/mol. The summed E-state index contributed by atoms with van der Waals surface area (Å²) in [5, 5.41) is 0. The van der Waals surface area contributed by atoms with Gasteiger partial charge in [0.15, 0.2) is 9.84 Å². The van der Waals surface area contributed by atoms with Crippen molar-refractivity contribution in [2.75, 3.05) is 13.4 Å². The van der Waals surface area contributed by atoms with E-state index < -0.39 is 21.5 Å². The molecule has 0 aliphatic rings. The Morgan fingerprint density at radius 2 is 1.83 bits per heavy atom. The molecule has 0 N–H and O–H groups in total. The number of halogens is 1. The minimum absolute atomic E-state index is 0.157. The summed E-state index contributed by atoms with van der Waals surface area (Å²) in [6.45, 7) is 1.13. The van der Waals surface area contributed by atoms with Crippen molar-refractivity contribution in [1.29, 1.82) is 0 Å².